The zero-order chi connectivity index (χ0) is 13.9. The van der Waals surface area contributed by atoms with Crippen LogP contribution < -0.4 is 4.74 Å². The van der Waals surface area contributed by atoms with Gasteiger partial charge in [-0.1, -0.05) is 0 Å². The van der Waals surface area contributed by atoms with Crippen molar-refractivity contribution in [2.45, 2.75) is 0 Å². The third-order valence-corrected chi connectivity index (χ3v) is 4.60. The number of methoxy groups -OCH3 is 1. The van der Waals surface area contributed by atoms with Crippen LogP contribution in [-0.2, 0) is 0 Å². The van der Waals surface area contributed by atoms with Gasteiger partial charge in [-0.15, -0.1) is 0 Å². The van der Waals surface area contributed by atoms with Crippen LogP contribution in [0.5, 0.6) is 5.75 Å². The van der Waals surface area contributed by atoms with Crippen molar-refractivity contribution in [1.82, 2.24) is 9.88 Å². The predicted octanol–water partition coefficient (Wildman–Crippen LogP) is 2.41. The number of carbonyl (C=O) groups excluding carboxylic acids is 1. The molecule has 1 aliphatic heterocycles. The Hall–Kier alpha value is -1.46. The maximum absolute atomic E-state index is 12.5. The number of aromatic amines is 1. The number of thioether (sulfide) groups is 1. The summed E-state index contributed by atoms with van der Waals surface area (Å²) < 4.78 is 5.24. The Morgan fingerprint density at radius 2 is 2.20 bits per heavy atom. The molecular formula is C15H18N2O2S. The van der Waals surface area contributed by atoms with Gasteiger partial charge in [0.2, 0.25) is 0 Å². The molecule has 5 heteroatoms. The highest BCUT2D eigenvalue weighted by Gasteiger charge is 2.18. The van der Waals surface area contributed by atoms with Gasteiger partial charge in [-0.25, -0.2) is 0 Å². The van der Waals surface area contributed by atoms with Crippen LogP contribution in [0, 0.1) is 0 Å². The van der Waals surface area contributed by atoms with Crippen molar-refractivity contribution in [2.75, 3.05) is 38.2 Å². The number of ether oxygens (including phenoxy) is 1. The summed E-state index contributed by atoms with van der Waals surface area (Å²) in [6.45, 7) is 2.51. The Labute approximate surface area is 122 Å². The standard InChI is InChI=1S/C15H18N2O2S/c1-19-11-2-3-14-12(8-11)13(9-16-14)15(18)10-17-4-6-20-7-5-17/h2-3,8-9,16H,4-7,10H2,1H3. The molecule has 1 aromatic heterocycles. The average Bonchev–Trinajstić information content (AvgIpc) is 2.91. The highest BCUT2D eigenvalue weighted by atomic mass is 32.2. The predicted molar refractivity (Wildman–Crippen MR) is 82.9 cm³/mol. The second kappa shape index (κ2) is 5.89. The molecule has 0 bridgehead atoms. The van der Waals surface area contributed by atoms with Crippen LogP contribution in [0.15, 0.2) is 24.4 Å². The summed E-state index contributed by atoms with van der Waals surface area (Å²) in [6.07, 6.45) is 1.81. The number of Topliss-reactive ketones (excluding diaryl/α,β-unsaturated/α-hetero) is 1. The number of rotatable bonds is 4. The molecule has 1 N–H and O–H groups in total. The van der Waals surface area contributed by atoms with Crippen molar-refractivity contribution in [1.29, 1.82) is 0 Å². The molecule has 1 saturated heterocycles. The van der Waals surface area contributed by atoms with Gasteiger partial charge >= 0.3 is 0 Å². The molecule has 0 unspecified atom stereocenters. The third-order valence-electron chi connectivity index (χ3n) is 3.66. The molecule has 106 valence electrons. The first-order valence-electron chi connectivity index (χ1n) is 6.76. The first kappa shape index (κ1) is 13.5. The topological polar surface area (TPSA) is 45.3 Å². The quantitative estimate of drug-likeness (QED) is 0.878. The summed E-state index contributed by atoms with van der Waals surface area (Å²) in [5.74, 6) is 3.20. The number of benzene rings is 1. The summed E-state index contributed by atoms with van der Waals surface area (Å²) >= 11 is 1.96. The van der Waals surface area contributed by atoms with Gasteiger partial charge in [-0.2, -0.15) is 11.8 Å². The van der Waals surface area contributed by atoms with E-state index in [-0.39, 0.29) is 5.78 Å². The Kier molecular flexibility index (Phi) is 3.98. The van der Waals surface area contributed by atoms with Gasteiger partial charge in [-0.3, -0.25) is 9.69 Å². The fourth-order valence-corrected chi connectivity index (χ4v) is 3.48. The molecule has 4 nitrogen and oxygen atoms in total. The van der Waals surface area contributed by atoms with E-state index in [1.165, 1.54) is 0 Å². The lowest BCUT2D eigenvalue weighted by atomic mass is 10.1. The van der Waals surface area contributed by atoms with Gasteiger partial charge in [0.15, 0.2) is 5.78 Å². The number of hydrogen-bond acceptors (Lipinski definition) is 4. The van der Waals surface area contributed by atoms with E-state index in [4.69, 9.17) is 4.74 Å². The minimum atomic E-state index is 0.177. The normalized spacial score (nSPS) is 16.4. The molecule has 3 rings (SSSR count). The third kappa shape index (κ3) is 2.69. The Balaban J connectivity index is 1.83. The van der Waals surface area contributed by atoms with Crippen molar-refractivity contribution < 1.29 is 9.53 Å². The lowest BCUT2D eigenvalue weighted by Crippen LogP contribution is -2.36. The molecule has 0 aliphatic carbocycles. The maximum Gasteiger partial charge on any atom is 0.178 e. The number of ketones is 1. The van der Waals surface area contributed by atoms with Crippen molar-refractivity contribution >= 4 is 28.4 Å². The number of H-pyrrole nitrogens is 1. The minimum absolute atomic E-state index is 0.177. The summed E-state index contributed by atoms with van der Waals surface area (Å²) in [6, 6.07) is 5.77. The van der Waals surface area contributed by atoms with Crippen molar-refractivity contribution in [3.63, 3.8) is 0 Å². The first-order chi connectivity index (χ1) is 9.78. The first-order valence-corrected chi connectivity index (χ1v) is 7.92. The maximum atomic E-state index is 12.5. The summed E-state index contributed by atoms with van der Waals surface area (Å²) in [7, 11) is 1.64. The molecule has 1 aromatic carbocycles. The van der Waals surface area contributed by atoms with Crippen LogP contribution in [0.1, 0.15) is 10.4 Å². The van der Waals surface area contributed by atoms with Gasteiger partial charge in [0.1, 0.15) is 5.75 Å². The summed E-state index contributed by atoms with van der Waals surface area (Å²) in [5.41, 5.74) is 1.74. The largest absolute Gasteiger partial charge is 0.497 e. The Morgan fingerprint density at radius 3 is 2.95 bits per heavy atom. The lowest BCUT2D eigenvalue weighted by molar-refractivity contribution is 0.0939. The lowest BCUT2D eigenvalue weighted by Gasteiger charge is -2.25. The van der Waals surface area contributed by atoms with Crippen LogP contribution in [-0.4, -0.2) is 53.9 Å². The zero-order valence-electron chi connectivity index (χ0n) is 11.5. The molecule has 1 fully saturated rings. The second-order valence-electron chi connectivity index (χ2n) is 4.93. The molecule has 0 amide bonds. The number of nitrogens with one attached hydrogen (secondary N) is 1. The van der Waals surface area contributed by atoms with E-state index in [1.54, 1.807) is 7.11 Å². The van der Waals surface area contributed by atoms with Crippen LogP contribution >= 0.6 is 11.8 Å². The Morgan fingerprint density at radius 1 is 1.40 bits per heavy atom. The van der Waals surface area contributed by atoms with E-state index in [1.807, 2.05) is 36.2 Å². The summed E-state index contributed by atoms with van der Waals surface area (Å²) in [5, 5.41) is 0.945. The van der Waals surface area contributed by atoms with Crippen molar-refractivity contribution in [2.24, 2.45) is 0 Å². The van der Waals surface area contributed by atoms with Gasteiger partial charge in [0, 0.05) is 47.3 Å². The highest BCUT2D eigenvalue weighted by molar-refractivity contribution is 7.99. The monoisotopic (exact) mass is 290 g/mol. The van der Waals surface area contributed by atoms with Gasteiger partial charge in [-0.05, 0) is 18.2 Å². The van der Waals surface area contributed by atoms with E-state index < -0.39 is 0 Å². The fraction of sp³-hybridized carbons (Fsp3) is 0.400. The number of nitrogens with zero attached hydrogens (tertiary/aromatic N) is 1. The molecular weight excluding hydrogens is 272 g/mol. The zero-order valence-corrected chi connectivity index (χ0v) is 12.3. The van der Waals surface area contributed by atoms with E-state index >= 15 is 0 Å². The molecule has 0 spiro atoms. The summed E-state index contributed by atoms with van der Waals surface area (Å²) in [4.78, 5) is 17.9. The van der Waals surface area contributed by atoms with Crippen LogP contribution in [0.25, 0.3) is 10.9 Å². The second-order valence-corrected chi connectivity index (χ2v) is 6.15. The number of aromatic nitrogens is 1. The molecule has 0 saturated carbocycles. The molecule has 0 atom stereocenters. The molecule has 2 heterocycles. The average molecular weight is 290 g/mol. The van der Waals surface area contributed by atoms with Gasteiger partial charge < -0.3 is 9.72 Å². The van der Waals surface area contributed by atoms with Crippen LogP contribution in [0.4, 0.5) is 0 Å². The molecule has 20 heavy (non-hydrogen) atoms. The fourth-order valence-electron chi connectivity index (χ4n) is 2.50. The molecule has 2 aromatic rings. The van der Waals surface area contributed by atoms with Gasteiger partial charge in [0.05, 0.1) is 13.7 Å². The van der Waals surface area contributed by atoms with Crippen LogP contribution in [0.3, 0.4) is 0 Å². The number of fused-ring (bicyclic) bond motifs is 1. The van der Waals surface area contributed by atoms with Gasteiger partial charge in [0.25, 0.3) is 0 Å². The smallest absolute Gasteiger partial charge is 0.178 e. The Bertz CT molecular complexity index is 617. The van der Waals surface area contributed by atoms with E-state index in [0.29, 0.717) is 6.54 Å². The van der Waals surface area contributed by atoms with E-state index in [0.717, 1.165) is 46.8 Å². The van der Waals surface area contributed by atoms with Crippen molar-refractivity contribution in [3.05, 3.63) is 30.0 Å². The minimum Gasteiger partial charge on any atom is -0.497 e. The highest BCUT2D eigenvalue weighted by Crippen LogP contribution is 2.24. The number of hydrogen-bond donors (Lipinski definition) is 1. The van der Waals surface area contributed by atoms with E-state index in [9.17, 15) is 4.79 Å². The van der Waals surface area contributed by atoms with Crippen molar-refractivity contribution in [3.8, 4) is 5.75 Å². The van der Waals surface area contributed by atoms with Crippen LogP contribution in [0.2, 0.25) is 0 Å². The van der Waals surface area contributed by atoms with E-state index in [2.05, 4.69) is 9.88 Å². The SMILES string of the molecule is COc1ccc2[nH]cc(C(=O)CN3CCSCC3)c2c1. The number of carbonyl (C=O) groups is 1. The molecule has 0 radical (unpaired) electrons. The molecule has 1 aliphatic rings.